The number of hydrogen-bond donors (Lipinski definition) is 2. The quantitative estimate of drug-likeness (QED) is 0.578. The van der Waals surface area contributed by atoms with E-state index in [4.69, 9.17) is 0 Å². The summed E-state index contributed by atoms with van der Waals surface area (Å²) in [5.74, 6) is -0.141. The third kappa shape index (κ3) is 5.47. The molecule has 2 N–H and O–H groups in total. The summed E-state index contributed by atoms with van der Waals surface area (Å²) in [5, 5.41) is 6.08. The zero-order valence-electron chi connectivity index (χ0n) is 17.3. The molecule has 3 rings (SSSR count). The van der Waals surface area contributed by atoms with Gasteiger partial charge in [-0.1, -0.05) is 48.5 Å². The van der Waals surface area contributed by atoms with Crippen molar-refractivity contribution in [2.45, 2.75) is 19.9 Å². The van der Waals surface area contributed by atoms with Crippen molar-refractivity contribution < 1.29 is 9.59 Å². The third-order valence-electron chi connectivity index (χ3n) is 4.89. The molecule has 0 saturated heterocycles. The number of rotatable bonds is 8. The minimum absolute atomic E-state index is 0.0512. The third-order valence-corrected chi connectivity index (χ3v) is 4.89. The molecule has 0 heterocycles. The fourth-order valence-corrected chi connectivity index (χ4v) is 3.24. The summed E-state index contributed by atoms with van der Waals surface area (Å²) in [4.78, 5) is 26.8. The van der Waals surface area contributed by atoms with Crippen LogP contribution in [0.3, 0.4) is 0 Å². The van der Waals surface area contributed by atoms with E-state index in [0.29, 0.717) is 12.1 Å². The molecule has 0 aromatic heterocycles. The van der Waals surface area contributed by atoms with Crippen molar-refractivity contribution in [1.82, 2.24) is 5.32 Å². The molecule has 0 aliphatic carbocycles. The summed E-state index contributed by atoms with van der Waals surface area (Å²) in [6.45, 7) is 4.66. The summed E-state index contributed by atoms with van der Waals surface area (Å²) in [6, 6.07) is 26.6. The lowest BCUT2D eigenvalue weighted by molar-refractivity contribution is -0.120. The minimum atomic E-state index is -0.0901. The van der Waals surface area contributed by atoms with E-state index in [9.17, 15) is 9.59 Å². The Labute approximate surface area is 177 Å². The molecule has 1 unspecified atom stereocenters. The predicted octanol–water partition coefficient (Wildman–Crippen LogP) is 4.64. The second kappa shape index (κ2) is 10.3. The van der Waals surface area contributed by atoms with Gasteiger partial charge in [-0.2, -0.15) is 0 Å². The summed E-state index contributed by atoms with van der Waals surface area (Å²) >= 11 is 0. The Morgan fingerprint density at radius 3 is 2.07 bits per heavy atom. The van der Waals surface area contributed by atoms with Crippen LogP contribution in [0.1, 0.15) is 35.8 Å². The first-order valence-corrected chi connectivity index (χ1v) is 10.1. The first-order valence-electron chi connectivity index (χ1n) is 10.1. The molecule has 30 heavy (non-hydrogen) atoms. The highest BCUT2D eigenvalue weighted by molar-refractivity contribution is 6.06. The van der Waals surface area contributed by atoms with E-state index in [-0.39, 0.29) is 24.4 Å². The highest BCUT2D eigenvalue weighted by Crippen LogP contribution is 2.18. The number of carbonyl (C=O) groups is 2. The minimum Gasteiger partial charge on any atom is -0.376 e. The normalized spacial score (nSPS) is 11.4. The van der Waals surface area contributed by atoms with E-state index >= 15 is 0 Å². The van der Waals surface area contributed by atoms with Crippen molar-refractivity contribution in [2.75, 3.05) is 23.3 Å². The lowest BCUT2D eigenvalue weighted by Gasteiger charge is -2.21. The van der Waals surface area contributed by atoms with Crippen LogP contribution in [0.4, 0.5) is 11.4 Å². The Morgan fingerprint density at radius 1 is 0.867 bits per heavy atom. The van der Waals surface area contributed by atoms with Gasteiger partial charge in [0.25, 0.3) is 5.91 Å². The SMILES string of the molecule is CCN(C(=O)c1ccc(NCC(=O)NC(C)c2ccccc2)cc1)c1ccccc1. The highest BCUT2D eigenvalue weighted by Gasteiger charge is 2.16. The monoisotopic (exact) mass is 401 g/mol. The van der Waals surface area contributed by atoms with Gasteiger partial charge >= 0.3 is 0 Å². The fraction of sp³-hybridized carbons (Fsp3) is 0.200. The van der Waals surface area contributed by atoms with Gasteiger partial charge in [0.15, 0.2) is 0 Å². The maximum Gasteiger partial charge on any atom is 0.258 e. The molecule has 0 saturated carbocycles. The number of carbonyl (C=O) groups excluding carboxylic acids is 2. The second-order valence-corrected chi connectivity index (χ2v) is 7.02. The number of anilines is 2. The molecule has 3 aromatic carbocycles. The maximum atomic E-state index is 12.9. The van der Waals surface area contributed by atoms with Gasteiger partial charge in [0.1, 0.15) is 0 Å². The van der Waals surface area contributed by atoms with Crippen molar-refractivity contribution in [1.29, 1.82) is 0 Å². The Kier molecular flexibility index (Phi) is 7.22. The van der Waals surface area contributed by atoms with Gasteiger partial charge in [-0.25, -0.2) is 0 Å². The van der Waals surface area contributed by atoms with Crippen LogP contribution in [0.5, 0.6) is 0 Å². The van der Waals surface area contributed by atoms with Crippen LogP contribution >= 0.6 is 0 Å². The average molecular weight is 402 g/mol. The van der Waals surface area contributed by atoms with E-state index in [1.807, 2.05) is 86.6 Å². The number of nitrogens with zero attached hydrogens (tertiary/aromatic N) is 1. The van der Waals surface area contributed by atoms with E-state index in [0.717, 1.165) is 16.9 Å². The smallest absolute Gasteiger partial charge is 0.258 e. The molecule has 2 amide bonds. The largest absolute Gasteiger partial charge is 0.376 e. The van der Waals surface area contributed by atoms with Crippen molar-refractivity contribution in [3.05, 3.63) is 96.1 Å². The molecule has 154 valence electrons. The van der Waals surface area contributed by atoms with E-state index < -0.39 is 0 Å². The first kappa shape index (κ1) is 21.1. The average Bonchev–Trinajstić information content (AvgIpc) is 2.80. The highest BCUT2D eigenvalue weighted by atomic mass is 16.2. The van der Waals surface area contributed by atoms with Crippen LogP contribution in [0.2, 0.25) is 0 Å². The Hall–Kier alpha value is -3.60. The van der Waals surface area contributed by atoms with Crippen molar-refractivity contribution in [3.8, 4) is 0 Å². The predicted molar refractivity (Wildman–Crippen MR) is 122 cm³/mol. The van der Waals surface area contributed by atoms with Gasteiger partial charge in [-0.15, -0.1) is 0 Å². The topological polar surface area (TPSA) is 61.4 Å². The zero-order chi connectivity index (χ0) is 21.3. The van der Waals surface area contributed by atoms with Crippen molar-refractivity contribution in [3.63, 3.8) is 0 Å². The van der Waals surface area contributed by atoms with Crippen LogP contribution in [-0.4, -0.2) is 24.9 Å². The number of hydrogen-bond acceptors (Lipinski definition) is 3. The van der Waals surface area contributed by atoms with E-state index in [2.05, 4.69) is 10.6 Å². The van der Waals surface area contributed by atoms with Crippen LogP contribution in [0.15, 0.2) is 84.9 Å². The van der Waals surface area contributed by atoms with Crippen LogP contribution in [0, 0.1) is 0 Å². The fourth-order valence-electron chi connectivity index (χ4n) is 3.24. The second-order valence-electron chi connectivity index (χ2n) is 7.02. The van der Waals surface area contributed by atoms with Gasteiger partial charge in [0, 0.05) is 23.5 Å². The molecule has 0 spiro atoms. The summed E-state index contributed by atoms with van der Waals surface area (Å²) in [6.07, 6.45) is 0. The Balaban J connectivity index is 1.55. The van der Waals surface area contributed by atoms with Crippen LogP contribution < -0.4 is 15.5 Å². The summed E-state index contributed by atoms with van der Waals surface area (Å²) in [7, 11) is 0. The summed E-state index contributed by atoms with van der Waals surface area (Å²) < 4.78 is 0. The Bertz CT molecular complexity index is 957. The van der Waals surface area contributed by atoms with Crippen molar-refractivity contribution >= 4 is 23.2 Å². The summed E-state index contributed by atoms with van der Waals surface area (Å²) in [5.41, 5.74) is 3.33. The maximum absolute atomic E-state index is 12.9. The molecule has 3 aromatic rings. The molecule has 5 nitrogen and oxygen atoms in total. The van der Waals surface area contributed by atoms with Gasteiger partial charge < -0.3 is 15.5 Å². The van der Waals surface area contributed by atoms with Gasteiger partial charge in [-0.05, 0) is 55.8 Å². The molecule has 0 fully saturated rings. The van der Waals surface area contributed by atoms with E-state index in [1.165, 1.54) is 0 Å². The number of para-hydroxylation sites is 1. The lowest BCUT2D eigenvalue weighted by Crippen LogP contribution is -2.32. The van der Waals surface area contributed by atoms with Crippen LogP contribution in [-0.2, 0) is 4.79 Å². The molecule has 0 radical (unpaired) electrons. The van der Waals surface area contributed by atoms with Gasteiger partial charge in [0.2, 0.25) is 5.91 Å². The zero-order valence-corrected chi connectivity index (χ0v) is 17.3. The molecule has 5 heteroatoms. The number of nitrogens with one attached hydrogen (secondary N) is 2. The van der Waals surface area contributed by atoms with E-state index in [1.54, 1.807) is 17.0 Å². The van der Waals surface area contributed by atoms with Gasteiger partial charge in [0.05, 0.1) is 12.6 Å². The lowest BCUT2D eigenvalue weighted by atomic mass is 10.1. The van der Waals surface area contributed by atoms with Gasteiger partial charge in [-0.3, -0.25) is 9.59 Å². The Morgan fingerprint density at radius 2 is 1.47 bits per heavy atom. The number of amides is 2. The standard InChI is InChI=1S/C25H27N3O2/c1-3-28(23-12-8-5-9-13-23)25(30)21-14-16-22(17-15-21)26-18-24(29)27-19(2)20-10-6-4-7-11-20/h4-17,19,26H,3,18H2,1-2H3,(H,27,29). The van der Waals surface area contributed by atoms with Crippen LogP contribution in [0.25, 0.3) is 0 Å². The first-order chi connectivity index (χ1) is 14.6. The van der Waals surface area contributed by atoms with Crippen molar-refractivity contribution in [2.24, 2.45) is 0 Å². The number of benzene rings is 3. The molecular weight excluding hydrogens is 374 g/mol. The molecule has 0 aliphatic rings. The molecule has 0 bridgehead atoms. The molecular formula is C25H27N3O2. The molecule has 1 atom stereocenters. The molecule has 0 aliphatic heterocycles.